The van der Waals surface area contributed by atoms with Crippen LogP contribution in [0.4, 0.5) is 0 Å². The molecule has 1 aliphatic carbocycles. The average Bonchev–Trinajstić information content (AvgIpc) is 2.67. The maximum absolute atomic E-state index is 2.65. The van der Waals surface area contributed by atoms with E-state index in [0.29, 0.717) is 0 Å². The van der Waals surface area contributed by atoms with Crippen LogP contribution in [-0.2, 0) is 0 Å². The Labute approximate surface area is 186 Å². The van der Waals surface area contributed by atoms with Crippen LogP contribution >= 0.6 is 22.6 Å². The first kappa shape index (κ1) is 25.8. The molecular weight excluding hydrogens is 439 g/mol. The fraction of sp³-hybridized carbons (Fsp3) is 1.00. The van der Waals surface area contributed by atoms with Crippen LogP contribution in [0.2, 0.25) is 0 Å². The lowest BCUT2D eigenvalue weighted by Gasteiger charge is -2.45. The first-order chi connectivity index (χ1) is 13.2. The van der Waals surface area contributed by atoms with Crippen molar-refractivity contribution in [2.75, 3.05) is 4.43 Å². The van der Waals surface area contributed by atoms with Gasteiger partial charge in [0.1, 0.15) is 0 Å². The Hall–Kier alpha value is 0.730. The Bertz CT molecular complexity index is 326. The third kappa shape index (κ3) is 10.4. The minimum Gasteiger partial charge on any atom is -0.0861 e. The third-order valence-corrected chi connectivity index (χ3v) is 8.72. The van der Waals surface area contributed by atoms with Crippen molar-refractivity contribution in [3.63, 3.8) is 0 Å². The van der Waals surface area contributed by atoms with E-state index in [4.69, 9.17) is 0 Å². The number of rotatable bonds is 16. The zero-order valence-electron chi connectivity index (χ0n) is 19.3. The second-order valence-corrected chi connectivity index (χ2v) is 10.7. The van der Waals surface area contributed by atoms with E-state index in [2.05, 4.69) is 50.3 Å². The molecule has 0 aromatic heterocycles. The molecule has 0 radical (unpaired) electrons. The number of alkyl halides is 1. The molecule has 0 saturated heterocycles. The summed E-state index contributed by atoms with van der Waals surface area (Å²) >= 11 is 2.65. The van der Waals surface area contributed by atoms with Gasteiger partial charge in [-0.15, -0.1) is 0 Å². The number of hydrogen-bond acceptors (Lipinski definition) is 0. The molecule has 1 heteroatoms. The van der Waals surface area contributed by atoms with Gasteiger partial charge in [-0.25, -0.2) is 0 Å². The molecule has 0 heterocycles. The Kier molecular flexibility index (Phi) is 15.8. The van der Waals surface area contributed by atoms with Crippen molar-refractivity contribution in [3.8, 4) is 0 Å². The monoisotopic (exact) mass is 490 g/mol. The number of halogens is 1. The van der Waals surface area contributed by atoms with E-state index in [0.717, 1.165) is 29.6 Å². The van der Waals surface area contributed by atoms with Crippen molar-refractivity contribution in [1.29, 1.82) is 0 Å². The zero-order chi connectivity index (χ0) is 19.9. The quantitative estimate of drug-likeness (QED) is 0.115. The van der Waals surface area contributed by atoms with E-state index in [1.165, 1.54) is 107 Å². The van der Waals surface area contributed by atoms with E-state index in [9.17, 15) is 0 Å². The molecule has 1 aliphatic rings. The van der Waals surface area contributed by atoms with Gasteiger partial charge in [0, 0.05) is 4.43 Å². The van der Waals surface area contributed by atoms with E-state index < -0.39 is 0 Å². The molecule has 5 atom stereocenters. The minimum absolute atomic E-state index is 0.961. The molecule has 0 spiro atoms. The molecule has 0 aromatic rings. The summed E-state index contributed by atoms with van der Waals surface area (Å²) in [7, 11) is 0. The summed E-state index contributed by atoms with van der Waals surface area (Å²) in [4.78, 5) is 0. The van der Waals surface area contributed by atoms with E-state index >= 15 is 0 Å². The maximum Gasteiger partial charge on any atom is 0.00264 e. The van der Waals surface area contributed by atoms with Gasteiger partial charge in [0.25, 0.3) is 0 Å². The van der Waals surface area contributed by atoms with Gasteiger partial charge in [0.05, 0.1) is 0 Å². The van der Waals surface area contributed by atoms with E-state index in [1.807, 2.05) is 0 Å². The summed E-state index contributed by atoms with van der Waals surface area (Å²) in [6.45, 7) is 9.84. The predicted molar refractivity (Wildman–Crippen MR) is 133 cm³/mol. The van der Waals surface area contributed by atoms with E-state index in [-0.39, 0.29) is 0 Å². The standard InChI is InChI=1S/C26H51I/c1-5-7-8-9-10-11-12-13-14-15-16-17-19-26-23(4)24(21-27)20-22(3)25(26)18-6-2/h22-26H,5-21H2,1-4H3/t22?,23?,24?,25-,26?/m0/s1. The summed E-state index contributed by atoms with van der Waals surface area (Å²) in [6.07, 6.45) is 23.5. The molecule has 162 valence electrons. The maximum atomic E-state index is 2.65. The lowest BCUT2D eigenvalue weighted by atomic mass is 9.61. The molecule has 0 aliphatic heterocycles. The van der Waals surface area contributed by atoms with Gasteiger partial charge in [-0.3, -0.25) is 0 Å². The highest BCUT2D eigenvalue weighted by atomic mass is 127. The highest BCUT2D eigenvalue weighted by molar-refractivity contribution is 14.1. The van der Waals surface area contributed by atoms with Crippen LogP contribution in [0.3, 0.4) is 0 Å². The molecule has 1 rings (SSSR count). The molecular formula is C26H51I. The van der Waals surface area contributed by atoms with Crippen LogP contribution in [0, 0.1) is 29.6 Å². The van der Waals surface area contributed by atoms with Gasteiger partial charge in [0.15, 0.2) is 0 Å². The molecule has 1 fully saturated rings. The third-order valence-electron chi connectivity index (χ3n) is 7.59. The molecule has 0 amide bonds. The zero-order valence-corrected chi connectivity index (χ0v) is 21.4. The smallest absolute Gasteiger partial charge is 0.00264 e. The van der Waals surface area contributed by atoms with Crippen molar-refractivity contribution in [1.82, 2.24) is 0 Å². The highest BCUT2D eigenvalue weighted by Crippen LogP contribution is 2.46. The van der Waals surface area contributed by atoms with Crippen molar-refractivity contribution in [2.45, 2.75) is 130 Å². The van der Waals surface area contributed by atoms with E-state index in [1.54, 1.807) is 0 Å². The highest BCUT2D eigenvalue weighted by Gasteiger charge is 2.39. The molecule has 0 aromatic carbocycles. The largest absolute Gasteiger partial charge is 0.0861 e. The van der Waals surface area contributed by atoms with Crippen LogP contribution in [0.1, 0.15) is 130 Å². The predicted octanol–water partition coefficient (Wildman–Crippen LogP) is 9.84. The van der Waals surface area contributed by atoms with Gasteiger partial charge < -0.3 is 0 Å². The van der Waals surface area contributed by atoms with Crippen LogP contribution < -0.4 is 0 Å². The van der Waals surface area contributed by atoms with Crippen molar-refractivity contribution in [3.05, 3.63) is 0 Å². The molecule has 27 heavy (non-hydrogen) atoms. The van der Waals surface area contributed by atoms with Crippen LogP contribution in [-0.4, -0.2) is 4.43 Å². The van der Waals surface area contributed by atoms with Gasteiger partial charge in [-0.1, -0.05) is 140 Å². The Morgan fingerprint density at radius 1 is 0.630 bits per heavy atom. The molecule has 4 unspecified atom stereocenters. The molecule has 0 bridgehead atoms. The molecule has 0 nitrogen and oxygen atoms in total. The summed E-state index contributed by atoms with van der Waals surface area (Å²) in [5.41, 5.74) is 0. The fourth-order valence-electron chi connectivity index (χ4n) is 5.76. The molecule has 1 saturated carbocycles. The van der Waals surface area contributed by atoms with Gasteiger partial charge >= 0.3 is 0 Å². The minimum atomic E-state index is 0.961. The van der Waals surface area contributed by atoms with Crippen molar-refractivity contribution < 1.29 is 0 Å². The first-order valence-electron chi connectivity index (χ1n) is 12.7. The lowest BCUT2D eigenvalue weighted by molar-refractivity contribution is 0.0511. The fourth-order valence-corrected chi connectivity index (χ4v) is 6.92. The summed E-state index contributed by atoms with van der Waals surface area (Å²) in [5, 5.41) is 0. The summed E-state index contributed by atoms with van der Waals surface area (Å²) < 4.78 is 1.37. The second-order valence-electron chi connectivity index (χ2n) is 9.78. The SMILES string of the molecule is CCCCCCCCCCCCCCC1C(C)C(CI)CC(C)[C@@H]1CCC. The van der Waals surface area contributed by atoms with Crippen molar-refractivity contribution in [2.24, 2.45) is 29.6 Å². The number of unbranched alkanes of at least 4 members (excludes halogenated alkanes) is 11. The Balaban J connectivity index is 2.14. The normalized spacial score (nSPS) is 28.6. The topological polar surface area (TPSA) is 0 Å². The Morgan fingerprint density at radius 3 is 1.63 bits per heavy atom. The van der Waals surface area contributed by atoms with Gasteiger partial charge in [0.2, 0.25) is 0 Å². The first-order valence-corrected chi connectivity index (χ1v) is 14.2. The van der Waals surface area contributed by atoms with Crippen molar-refractivity contribution >= 4 is 22.6 Å². The summed E-state index contributed by atoms with van der Waals surface area (Å²) in [6, 6.07) is 0. The van der Waals surface area contributed by atoms with Gasteiger partial charge in [-0.05, 0) is 42.4 Å². The Morgan fingerprint density at radius 2 is 1.15 bits per heavy atom. The lowest BCUT2D eigenvalue weighted by Crippen LogP contribution is -2.38. The second kappa shape index (κ2) is 16.5. The number of hydrogen-bond donors (Lipinski definition) is 0. The molecule has 0 N–H and O–H groups in total. The summed E-state index contributed by atoms with van der Waals surface area (Å²) in [5.74, 6) is 4.93. The average molecular weight is 491 g/mol. The van der Waals surface area contributed by atoms with Crippen LogP contribution in [0.25, 0.3) is 0 Å². The van der Waals surface area contributed by atoms with Crippen LogP contribution in [0.5, 0.6) is 0 Å². The van der Waals surface area contributed by atoms with Gasteiger partial charge in [-0.2, -0.15) is 0 Å². The van der Waals surface area contributed by atoms with Crippen LogP contribution in [0.15, 0.2) is 0 Å².